The van der Waals surface area contributed by atoms with Crippen LogP contribution in [-0.4, -0.2) is 0 Å². The van der Waals surface area contributed by atoms with Crippen molar-refractivity contribution >= 4 is 0 Å². The monoisotopic (exact) mass is 380 g/mol. The first-order valence-electron chi connectivity index (χ1n) is 12.4. The first-order valence-corrected chi connectivity index (χ1v) is 12.4. The summed E-state index contributed by atoms with van der Waals surface area (Å²) in [6, 6.07) is 0. The summed E-state index contributed by atoms with van der Waals surface area (Å²) in [6.07, 6.45) is 18.1. The summed E-state index contributed by atoms with van der Waals surface area (Å²) < 4.78 is 0. The number of rotatable bonds is 3. The molecule has 0 aromatic carbocycles. The van der Waals surface area contributed by atoms with E-state index in [0.29, 0.717) is 10.8 Å². The summed E-state index contributed by atoms with van der Waals surface area (Å²) >= 11 is 0. The summed E-state index contributed by atoms with van der Waals surface area (Å²) in [7, 11) is 0. The molecule has 3 saturated carbocycles. The van der Waals surface area contributed by atoms with Crippen molar-refractivity contribution < 1.29 is 0 Å². The van der Waals surface area contributed by atoms with E-state index in [1.165, 1.54) is 77.0 Å². The molecule has 0 aromatic heterocycles. The minimum Gasteiger partial charge on any atom is -0.0776 e. The highest BCUT2D eigenvalue weighted by atomic mass is 14.5. The van der Waals surface area contributed by atoms with E-state index in [1.54, 1.807) is 0 Å². The zero-order chi connectivity index (χ0) is 19.8. The molecule has 3 aliphatic rings. The van der Waals surface area contributed by atoms with Crippen LogP contribution in [0.25, 0.3) is 0 Å². The Labute approximate surface area is 174 Å². The van der Waals surface area contributed by atoms with Crippen molar-refractivity contribution in [3.63, 3.8) is 0 Å². The predicted octanol–water partition coefficient (Wildman–Crippen LogP) is 9.91. The molecule has 3 rings (SSSR count). The van der Waals surface area contributed by atoms with E-state index in [1.807, 2.05) is 27.7 Å². The Morgan fingerprint density at radius 2 is 1.44 bits per heavy atom. The highest BCUT2D eigenvalue weighted by Crippen LogP contribution is 2.57. The molecular weight excluding hydrogens is 324 g/mol. The topological polar surface area (TPSA) is 0 Å². The van der Waals surface area contributed by atoms with Crippen molar-refractivity contribution in [2.45, 2.75) is 140 Å². The molecule has 0 radical (unpaired) electrons. The van der Waals surface area contributed by atoms with Gasteiger partial charge in [0.1, 0.15) is 0 Å². The average Bonchev–Trinajstić information content (AvgIpc) is 2.64. The zero-order valence-electron chi connectivity index (χ0n) is 19.8. The fraction of sp³-hybridized carbons (Fsp3) is 1.00. The van der Waals surface area contributed by atoms with Gasteiger partial charge in [0, 0.05) is 0 Å². The molecule has 0 aliphatic heterocycles. The SMILES string of the molecule is C.CC.CC.CC1CCCC(C)(CCC2C(C)CCC3CCCCC32C)C1. The third kappa shape index (κ3) is 6.78. The van der Waals surface area contributed by atoms with Gasteiger partial charge in [-0.1, -0.05) is 94.9 Å². The van der Waals surface area contributed by atoms with Crippen LogP contribution < -0.4 is 0 Å². The van der Waals surface area contributed by atoms with Crippen LogP contribution in [-0.2, 0) is 0 Å². The quantitative estimate of drug-likeness (QED) is 0.457. The standard InChI is InChI=1S/C22H40.2C2H6.CH4/c1-17-8-7-13-21(3,16-17)15-12-20-18(2)10-11-19-9-5-6-14-22(19,20)4;2*1-2;/h17-20H,5-16H2,1-4H3;2*1-2H3;1H4. The van der Waals surface area contributed by atoms with Crippen molar-refractivity contribution in [2.24, 2.45) is 34.5 Å². The van der Waals surface area contributed by atoms with Crippen LogP contribution in [0, 0.1) is 34.5 Å². The highest BCUT2D eigenvalue weighted by molar-refractivity contribution is 4.97. The van der Waals surface area contributed by atoms with E-state index < -0.39 is 0 Å². The number of hydrogen-bond acceptors (Lipinski definition) is 0. The average molecular weight is 381 g/mol. The molecule has 3 aliphatic carbocycles. The Kier molecular flexibility index (Phi) is 12.5. The molecule has 0 bridgehead atoms. The highest BCUT2D eigenvalue weighted by Gasteiger charge is 2.47. The van der Waals surface area contributed by atoms with Crippen LogP contribution in [0.2, 0.25) is 0 Å². The lowest BCUT2D eigenvalue weighted by Gasteiger charge is -2.54. The molecule has 0 heteroatoms. The molecule has 0 heterocycles. The Hall–Kier alpha value is 0. The van der Waals surface area contributed by atoms with Gasteiger partial charge in [-0.3, -0.25) is 0 Å². The molecule has 0 spiro atoms. The third-order valence-corrected chi connectivity index (χ3v) is 8.33. The Morgan fingerprint density at radius 3 is 2.07 bits per heavy atom. The molecule has 0 saturated heterocycles. The van der Waals surface area contributed by atoms with Crippen molar-refractivity contribution in [3.05, 3.63) is 0 Å². The zero-order valence-corrected chi connectivity index (χ0v) is 19.8. The van der Waals surface area contributed by atoms with Crippen LogP contribution in [0.5, 0.6) is 0 Å². The van der Waals surface area contributed by atoms with Crippen molar-refractivity contribution in [3.8, 4) is 0 Å². The second-order valence-electron chi connectivity index (χ2n) is 10.2. The van der Waals surface area contributed by atoms with Gasteiger partial charge in [-0.2, -0.15) is 0 Å². The lowest BCUT2D eigenvalue weighted by molar-refractivity contribution is -0.0411. The minimum atomic E-state index is 0. The van der Waals surface area contributed by atoms with E-state index in [2.05, 4.69) is 27.7 Å². The second kappa shape index (κ2) is 12.5. The van der Waals surface area contributed by atoms with Gasteiger partial charge < -0.3 is 0 Å². The summed E-state index contributed by atoms with van der Waals surface area (Å²) in [6.45, 7) is 18.4. The van der Waals surface area contributed by atoms with Crippen LogP contribution in [0.3, 0.4) is 0 Å². The van der Waals surface area contributed by atoms with Gasteiger partial charge in [-0.25, -0.2) is 0 Å². The van der Waals surface area contributed by atoms with Crippen molar-refractivity contribution in [1.82, 2.24) is 0 Å². The maximum atomic E-state index is 2.68. The Bertz CT molecular complexity index is 372. The molecule has 27 heavy (non-hydrogen) atoms. The van der Waals surface area contributed by atoms with Crippen molar-refractivity contribution in [2.75, 3.05) is 0 Å². The normalized spacial score (nSPS) is 40.9. The largest absolute Gasteiger partial charge is 0.0776 e. The van der Waals surface area contributed by atoms with Crippen LogP contribution in [0.15, 0.2) is 0 Å². The molecular formula is C27H56. The number of fused-ring (bicyclic) bond motifs is 1. The molecule has 6 unspecified atom stereocenters. The van der Waals surface area contributed by atoms with Gasteiger partial charge in [0.2, 0.25) is 0 Å². The van der Waals surface area contributed by atoms with Gasteiger partial charge in [0.25, 0.3) is 0 Å². The van der Waals surface area contributed by atoms with Gasteiger partial charge in [-0.05, 0) is 79.4 Å². The molecule has 0 aromatic rings. The van der Waals surface area contributed by atoms with E-state index in [4.69, 9.17) is 0 Å². The number of hydrogen-bond donors (Lipinski definition) is 0. The Morgan fingerprint density at radius 1 is 0.778 bits per heavy atom. The fourth-order valence-electron chi connectivity index (χ4n) is 6.98. The maximum absolute atomic E-state index is 2.68. The van der Waals surface area contributed by atoms with Gasteiger partial charge >= 0.3 is 0 Å². The van der Waals surface area contributed by atoms with E-state index in [-0.39, 0.29) is 7.43 Å². The first kappa shape index (κ1) is 27.0. The molecule has 0 amide bonds. The molecule has 164 valence electrons. The van der Waals surface area contributed by atoms with Gasteiger partial charge in [0.05, 0.1) is 0 Å². The van der Waals surface area contributed by atoms with Gasteiger partial charge in [-0.15, -0.1) is 0 Å². The third-order valence-electron chi connectivity index (χ3n) is 8.33. The summed E-state index contributed by atoms with van der Waals surface area (Å²) in [5, 5.41) is 0. The molecule has 6 atom stereocenters. The lowest BCUT2D eigenvalue weighted by atomic mass is 9.51. The first-order chi connectivity index (χ1) is 12.4. The fourth-order valence-corrected chi connectivity index (χ4v) is 6.98. The predicted molar refractivity (Wildman–Crippen MR) is 126 cm³/mol. The summed E-state index contributed by atoms with van der Waals surface area (Å²) in [5.41, 5.74) is 1.35. The van der Waals surface area contributed by atoms with E-state index in [0.717, 1.165) is 23.7 Å². The molecule has 0 N–H and O–H groups in total. The van der Waals surface area contributed by atoms with E-state index in [9.17, 15) is 0 Å². The van der Waals surface area contributed by atoms with Crippen LogP contribution in [0.4, 0.5) is 0 Å². The van der Waals surface area contributed by atoms with Crippen LogP contribution >= 0.6 is 0 Å². The minimum absolute atomic E-state index is 0. The smallest absolute Gasteiger partial charge is 0.0267 e. The maximum Gasteiger partial charge on any atom is -0.0267 e. The van der Waals surface area contributed by atoms with E-state index >= 15 is 0 Å². The lowest BCUT2D eigenvalue weighted by Crippen LogP contribution is -2.45. The van der Waals surface area contributed by atoms with Crippen molar-refractivity contribution in [1.29, 1.82) is 0 Å². The Balaban J connectivity index is 0.00000127. The summed E-state index contributed by atoms with van der Waals surface area (Å²) in [4.78, 5) is 0. The molecule has 0 nitrogen and oxygen atoms in total. The van der Waals surface area contributed by atoms with Gasteiger partial charge in [0.15, 0.2) is 0 Å². The second-order valence-corrected chi connectivity index (χ2v) is 10.2. The molecule has 3 fully saturated rings. The van der Waals surface area contributed by atoms with Crippen LogP contribution in [0.1, 0.15) is 140 Å². The summed E-state index contributed by atoms with van der Waals surface area (Å²) in [5.74, 6) is 4.02.